The molecule has 7 nitrogen and oxygen atoms in total. The van der Waals surface area contributed by atoms with Crippen LogP contribution in [0.1, 0.15) is 25.8 Å². The van der Waals surface area contributed by atoms with Gasteiger partial charge in [-0.3, -0.25) is 0 Å². The molecule has 1 heterocycles. The van der Waals surface area contributed by atoms with E-state index in [0.29, 0.717) is 18.1 Å². The minimum Gasteiger partial charge on any atom is -0.490 e. The average molecular weight is 353 g/mol. The Morgan fingerprint density at radius 3 is 2.65 bits per heavy atom. The number of hydrogen-bond acceptors (Lipinski definition) is 6. The van der Waals surface area contributed by atoms with Gasteiger partial charge in [-0.2, -0.15) is 4.68 Å². The van der Waals surface area contributed by atoms with Crippen molar-refractivity contribution in [3.8, 4) is 23.2 Å². The van der Waals surface area contributed by atoms with Gasteiger partial charge in [0, 0.05) is 6.54 Å². The molecular weight excluding hydrogens is 330 g/mol. The minimum atomic E-state index is 0.286. The smallest absolute Gasteiger partial charge is 0.346 e. The van der Waals surface area contributed by atoms with Crippen molar-refractivity contribution in [1.29, 1.82) is 0 Å². The Labute approximate surface area is 152 Å². The first kappa shape index (κ1) is 17.9. The van der Waals surface area contributed by atoms with Gasteiger partial charge in [0.25, 0.3) is 0 Å². The van der Waals surface area contributed by atoms with Crippen molar-refractivity contribution >= 4 is 0 Å². The Hall–Kier alpha value is -2.93. The van der Waals surface area contributed by atoms with Crippen LogP contribution in [0.3, 0.4) is 0 Å². The van der Waals surface area contributed by atoms with E-state index in [9.17, 15) is 0 Å². The standard InChI is InChI=1S/C19H23N5O2/c1-3-12-20-14-15-10-11-17(18(13-15)25-4-2)26-19-21-22-23-24(19)16-8-6-5-7-9-16/h5-11,13,20H,3-4,12,14H2,1-2H3. The van der Waals surface area contributed by atoms with E-state index in [1.165, 1.54) is 0 Å². The molecule has 3 rings (SSSR count). The van der Waals surface area contributed by atoms with E-state index in [2.05, 4.69) is 27.8 Å². The maximum atomic E-state index is 5.95. The molecule has 0 spiro atoms. The Morgan fingerprint density at radius 2 is 1.88 bits per heavy atom. The van der Waals surface area contributed by atoms with E-state index in [0.717, 1.165) is 30.8 Å². The highest BCUT2D eigenvalue weighted by atomic mass is 16.5. The molecule has 0 atom stereocenters. The molecule has 0 fully saturated rings. The molecular formula is C19H23N5O2. The highest BCUT2D eigenvalue weighted by molar-refractivity contribution is 5.44. The van der Waals surface area contributed by atoms with Crippen molar-refractivity contribution in [2.24, 2.45) is 0 Å². The number of rotatable bonds is 9. The van der Waals surface area contributed by atoms with Gasteiger partial charge in [-0.05, 0) is 60.1 Å². The van der Waals surface area contributed by atoms with Crippen LogP contribution in [0.4, 0.5) is 0 Å². The van der Waals surface area contributed by atoms with Crippen molar-refractivity contribution in [2.75, 3.05) is 13.2 Å². The third kappa shape index (κ3) is 4.37. The minimum absolute atomic E-state index is 0.286. The van der Waals surface area contributed by atoms with Crippen LogP contribution in [0.15, 0.2) is 48.5 Å². The lowest BCUT2D eigenvalue weighted by Crippen LogP contribution is -2.13. The second kappa shape index (κ2) is 8.96. The topological polar surface area (TPSA) is 74.1 Å². The zero-order valence-electron chi connectivity index (χ0n) is 15.1. The predicted molar refractivity (Wildman–Crippen MR) is 98.8 cm³/mol. The summed E-state index contributed by atoms with van der Waals surface area (Å²) in [6, 6.07) is 15.8. The molecule has 0 bridgehead atoms. The molecule has 3 aromatic rings. The van der Waals surface area contributed by atoms with Crippen LogP contribution in [0.25, 0.3) is 5.69 Å². The predicted octanol–water partition coefficient (Wildman–Crippen LogP) is 3.35. The van der Waals surface area contributed by atoms with Gasteiger partial charge in [-0.1, -0.05) is 36.3 Å². The Balaban J connectivity index is 1.82. The fourth-order valence-corrected chi connectivity index (χ4v) is 2.50. The molecule has 7 heteroatoms. The first-order chi connectivity index (χ1) is 12.8. The number of nitrogens with one attached hydrogen (secondary N) is 1. The zero-order chi connectivity index (χ0) is 18.2. The fraction of sp³-hybridized carbons (Fsp3) is 0.316. The highest BCUT2D eigenvalue weighted by Crippen LogP contribution is 2.32. The van der Waals surface area contributed by atoms with Crippen molar-refractivity contribution < 1.29 is 9.47 Å². The third-order valence-corrected chi connectivity index (χ3v) is 3.71. The molecule has 1 N–H and O–H groups in total. The lowest BCUT2D eigenvalue weighted by Gasteiger charge is -2.13. The van der Waals surface area contributed by atoms with Crippen LogP contribution < -0.4 is 14.8 Å². The molecule has 0 unspecified atom stereocenters. The lowest BCUT2D eigenvalue weighted by atomic mass is 10.2. The van der Waals surface area contributed by atoms with Crippen LogP contribution in [-0.2, 0) is 6.54 Å². The van der Waals surface area contributed by atoms with E-state index in [4.69, 9.17) is 9.47 Å². The molecule has 0 amide bonds. The van der Waals surface area contributed by atoms with E-state index in [-0.39, 0.29) is 6.01 Å². The summed E-state index contributed by atoms with van der Waals surface area (Å²) in [5.41, 5.74) is 1.96. The fourth-order valence-electron chi connectivity index (χ4n) is 2.50. The summed E-state index contributed by atoms with van der Waals surface area (Å²) < 4.78 is 13.2. The first-order valence-corrected chi connectivity index (χ1v) is 8.80. The maximum absolute atomic E-state index is 5.95. The van der Waals surface area contributed by atoms with Gasteiger partial charge < -0.3 is 14.8 Å². The Kier molecular flexibility index (Phi) is 6.16. The molecule has 1 aromatic heterocycles. The van der Waals surface area contributed by atoms with Crippen LogP contribution in [0, 0.1) is 0 Å². The summed E-state index contributed by atoms with van der Waals surface area (Å²) in [6.07, 6.45) is 1.10. The van der Waals surface area contributed by atoms with Crippen LogP contribution in [0.2, 0.25) is 0 Å². The van der Waals surface area contributed by atoms with Gasteiger partial charge in [-0.25, -0.2) is 0 Å². The molecule has 136 valence electrons. The molecule has 0 aliphatic carbocycles. The summed E-state index contributed by atoms with van der Waals surface area (Å²) in [6.45, 7) is 6.40. The summed E-state index contributed by atoms with van der Waals surface area (Å²) in [7, 11) is 0. The number of ether oxygens (including phenoxy) is 2. The van der Waals surface area contributed by atoms with Crippen molar-refractivity contribution in [3.63, 3.8) is 0 Å². The number of benzene rings is 2. The normalized spacial score (nSPS) is 10.7. The van der Waals surface area contributed by atoms with Crippen LogP contribution in [0.5, 0.6) is 17.5 Å². The van der Waals surface area contributed by atoms with Gasteiger partial charge in [-0.15, -0.1) is 0 Å². The molecule has 0 aliphatic heterocycles. The van der Waals surface area contributed by atoms with E-state index < -0.39 is 0 Å². The van der Waals surface area contributed by atoms with E-state index >= 15 is 0 Å². The Bertz CT molecular complexity index is 820. The second-order valence-electron chi connectivity index (χ2n) is 5.70. The van der Waals surface area contributed by atoms with Crippen molar-refractivity contribution in [3.05, 3.63) is 54.1 Å². The van der Waals surface area contributed by atoms with Gasteiger partial charge in [0.1, 0.15) is 0 Å². The zero-order valence-corrected chi connectivity index (χ0v) is 15.1. The van der Waals surface area contributed by atoms with Crippen LogP contribution in [-0.4, -0.2) is 33.4 Å². The summed E-state index contributed by atoms with van der Waals surface area (Å²) in [5, 5.41) is 15.1. The van der Waals surface area contributed by atoms with Crippen LogP contribution >= 0.6 is 0 Å². The van der Waals surface area contributed by atoms with Crippen molar-refractivity contribution in [1.82, 2.24) is 25.5 Å². The largest absolute Gasteiger partial charge is 0.490 e. The van der Waals surface area contributed by atoms with Gasteiger partial charge in [0.15, 0.2) is 11.5 Å². The molecule has 0 saturated carbocycles. The SMILES string of the molecule is CCCNCc1ccc(Oc2nnnn2-c2ccccc2)c(OCC)c1. The lowest BCUT2D eigenvalue weighted by molar-refractivity contribution is 0.315. The highest BCUT2D eigenvalue weighted by Gasteiger charge is 2.14. The van der Waals surface area contributed by atoms with Gasteiger partial charge in [0.2, 0.25) is 0 Å². The maximum Gasteiger partial charge on any atom is 0.346 e. The molecule has 0 aliphatic rings. The van der Waals surface area contributed by atoms with Gasteiger partial charge in [0.05, 0.1) is 12.3 Å². The van der Waals surface area contributed by atoms with Crippen molar-refractivity contribution in [2.45, 2.75) is 26.8 Å². The molecule has 0 saturated heterocycles. The second-order valence-corrected chi connectivity index (χ2v) is 5.70. The molecule has 26 heavy (non-hydrogen) atoms. The van der Waals surface area contributed by atoms with Gasteiger partial charge >= 0.3 is 6.01 Å². The quantitative estimate of drug-likeness (QED) is 0.595. The summed E-state index contributed by atoms with van der Waals surface area (Å²) >= 11 is 0. The first-order valence-electron chi connectivity index (χ1n) is 8.80. The van der Waals surface area contributed by atoms with E-state index in [1.807, 2.05) is 55.5 Å². The monoisotopic (exact) mass is 353 g/mol. The number of para-hydroxylation sites is 1. The number of aromatic nitrogens is 4. The Morgan fingerprint density at radius 1 is 1.04 bits per heavy atom. The number of tetrazole rings is 1. The van der Waals surface area contributed by atoms with E-state index in [1.54, 1.807) is 4.68 Å². The number of hydrogen-bond donors (Lipinski definition) is 1. The third-order valence-electron chi connectivity index (χ3n) is 3.71. The summed E-state index contributed by atoms with van der Waals surface area (Å²) in [4.78, 5) is 0. The summed E-state index contributed by atoms with van der Waals surface area (Å²) in [5.74, 6) is 1.25. The molecule has 0 radical (unpaired) electrons. The number of nitrogens with zero attached hydrogens (tertiary/aromatic N) is 4. The molecule has 2 aromatic carbocycles. The average Bonchev–Trinajstić information content (AvgIpc) is 3.13.